The molecule has 0 saturated carbocycles. The summed E-state index contributed by atoms with van der Waals surface area (Å²) in [6, 6.07) is 7.63. The summed E-state index contributed by atoms with van der Waals surface area (Å²) < 4.78 is 1.04. The molecule has 1 amide bonds. The van der Waals surface area contributed by atoms with Gasteiger partial charge in [-0.05, 0) is 30.5 Å². The van der Waals surface area contributed by atoms with Crippen LogP contribution in [0.25, 0.3) is 0 Å². The molecule has 0 aliphatic rings. The Bertz CT molecular complexity index is 378. The summed E-state index contributed by atoms with van der Waals surface area (Å²) in [5, 5.41) is 3.01. The Hall–Kier alpha value is -0.870. The molecule has 1 aromatic rings. The van der Waals surface area contributed by atoms with E-state index >= 15 is 0 Å². The zero-order chi connectivity index (χ0) is 13.5. The number of halogens is 1. The van der Waals surface area contributed by atoms with Crippen LogP contribution in [-0.2, 0) is 4.79 Å². The van der Waals surface area contributed by atoms with Crippen molar-refractivity contribution in [3.8, 4) is 0 Å². The molecule has 3 N–H and O–H groups in total. The molecule has 0 aliphatic carbocycles. The highest BCUT2D eigenvalue weighted by Gasteiger charge is 2.17. The SMILES string of the molecule is CCC[C@@H](N)C(=O)NC(CC)c1ccc(Br)cc1. The third-order valence-corrected chi connectivity index (χ3v) is 3.46. The first-order valence-corrected chi connectivity index (χ1v) is 7.19. The third kappa shape index (κ3) is 4.42. The molecule has 0 bridgehead atoms. The number of nitrogens with one attached hydrogen (secondary N) is 1. The number of benzene rings is 1. The van der Waals surface area contributed by atoms with Crippen molar-refractivity contribution in [1.29, 1.82) is 0 Å². The highest BCUT2D eigenvalue weighted by atomic mass is 79.9. The first-order chi connectivity index (χ1) is 8.58. The zero-order valence-corrected chi connectivity index (χ0v) is 12.5. The van der Waals surface area contributed by atoms with E-state index in [2.05, 4.69) is 28.2 Å². The minimum atomic E-state index is -0.403. The normalized spacial score (nSPS) is 14.0. The molecule has 0 radical (unpaired) electrons. The van der Waals surface area contributed by atoms with E-state index < -0.39 is 6.04 Å². The van der Waals surface area contributed by atoms with Gasteiger partial charge >= 0.3 is 0 Å². The monoisotopic (exact) mass is 312 g/mol. The fourth-order valence-corrected chi connectivity index (χ4v) is 2.10. The topological polar surface area (TPSA) is 55.1 Å². The maximum absolute atomic E-state index is 11.9. The van der Waals surface area contributed by atoms with E-state index in [4.69, 9.17) is 5.73 Å². The fraction of sp³-hybridized carbons (Fsp3) is 0.500. The second-order valence-corrected chi connectivity index (χ2v) is 5.33. The highest BCUT2D eigenvalue weighted by molar-refractivity contribution is 9.10. The summed E-state index contributed by atoms with van der Waals surface area (Å²) in [6.07, 6.45) is 2.50. The molecule has 0 saturated heterocycles. The predicted molar refractivity (Wildman–Crippen MR) is 78.2 cm³/mol. The van der Waals surface area contributed by atoms with E-state index in [0.717, 1.165) is 29.3 Å². The van der Waals surface area contributed by atoms with Crippen molar-refractivity contribution in [2.45, 2.75) is 45.2 Å². The lowest BCUT2D eigenvalue weighted by atomic mass is 10.0. The van der Waals surface area contributed by atoms with Crippen molar-refractivity contribution in [1.82, 2.24) is 5.32 Å². The van der Waals surface area contributed by atoms with Gasteiger partial charge < -0.3 is 11.1 Å². The molecular formula is C14H21BrN2O. The summed E-state index contributed by atoms with van der Waals surface area (Å²) in [7, 11) is 0. The second-order valence-electron chi connectivity index (χ2n) is 4.42. The van der Waals surface area contributed by atoms with Crippen LogP contribution in [0.4, 0.5) is 0 Å². The van der Waals surface area contributed by atoms with Crippen LogP contribution >= 0.6 is 15.9 Å². The Morgan fingerprint density at radius 2 is 1.94 bits per heavy atom. The molecule has 4 heteroatoms. The molecule has 0 aliphatic heterocycles. The average Bonchev–Trinajstić information content (AvgIpc) is 2.37. The van der Waals surface area contributed by atoms with Crippen LogP contribution in [0.3, 0.4) is 0 Å². The average molecular weight is 313 g/mol. The second kappa shape index (κ2) is 7.54. The predicted octanol–water partition coefficient (Wildman–Crippen LogP) is 3.14. The molecule has 0 aromatic heterocycles. The highest BCUT2D eigenvalue weighted by Crippen LogP contribution is 2.19. The molecule has 3 nitrogen and oxygen atoms in total. The van der Waals surface area contributed by atoms with Gasteiger partial charge in [0.15, 0.2) is 0 Å². The van der Waals surface area contributed by atoms with Gasteiger partial charge in [-0.2, -0.15) is 0 Å². The first-order valence-electron chi connectivity index (χ1n) is 6.39. The largest absolute Gasteiger partial charge is 0.348 e. The van der Waals surface area contributed by atoms with Crippen molar-refractivity contribution in [2.75, 3.05) is 0 Å². The summed E-state index contributed by atoms with van der Waals surface area (Å²) in [4.78, 5) is 11.9. The maximum atomic E-state index is 11.9. The molecule has 0 spiro atoms. The van der Waals surface area contributed by atoms with E-state index in [1.165, 1.54) is 0 Å². The van der Waals surface area contributed by atoms with E-state index in [1.807, 2.05) is 31.2 Å². The van der Waals surface area contributed by atoms with Crippen LogP contribution in [0.15, 0.2) is 28.7 Å². The van der Waals surface area contributed by atoms with Gasteiger partial charge in [0.25, 0.3) is 0 Å². The summed E-state index contributed by atoms with van der Waals surface area (Å²) >= 11 is 3.40. The first kappa shape index (κ1) is 15.2. The number of rotatable bonds is 6. The van der Waals surface area contributed by atoms with Crippen LogP contribution in [-0.4, -0.2) is 11.9 Å². The van der Waals surface area contributed by atoms with Gasteiger partial charge in [0.2, 0.25) is 5.91 Å². The van der Waals surface area contributed by atoms with Gasteiger partial charge in [0.1, 0.15) is 0 Å². The van der Waals surface area contributed by atoms with Gasteiger partial charge in [-0.25, -0.2) is 0 Å². The summed E-state index contributed by atoms with van der Waals surface area (Å²) in [6.45, 7) is 4.08. The molecule has 0 fully saturated rings. The molecule has 2 atom stereocenters. The Kier molecular flexibility index (Phi) is 6.36. The van der Waals surface area contributed by atoms with Gasteiger partial charge in [-0.15, -0.1) is 0 Å². The Labute approximate surface area is 117 Å². The number of amides is 1. The van der Waals surface area contributed by atoms with Crippen LogP contribution < -0.4 is 11.1 Å². The van der Waals surface area contributed by atoms with Gasteiger partial charge in [-0.1, -0.05) is 48.3 Å². The minimum absolute atomic E-state index is 0.0357. The van der Waals surface area contributed by atoms with Crippen LogP contribution in [0.5, 0.6) is 0 Å². The van der Waals surface area contributed by atoms with Crippen LogP contribution in [0, 0.1) is 0 Å². The van der Waals surface area contributed by atoms with Crippen LogP contribution in [0.2, 0.25) is 0 Å². The minimum Gasteiger partial charge on any atom is -0.348 e. The molecule has 100 valence electrons. The van der Waals surface area contributed by atoms with E-state index in [0.29, 0.717) is 0 Å². The van der Waals surface area contributed by atoms with Crippen molar-refractivity contribution in [2.24, 2.45) is 5.73 Å². The number of hydrogen-bond acceptors (Lipinski definition) is 2. The van der Waals surface area contributed by atoms with Crippen LogP contribution in [0.1, 0.15) is 44.7 Å². The molecule has 0 heterocycles. The standard InChI is InChI=1S/C14H21BrN2O/c1-3-5-12(16)14(18)17-13(4-2)10-6-8-11(15)9-7-10/h6-9,12-13H,3-5,16H2,1-2H3,(H,17,18)/t12-,13?/m1/s1. The van der Waals surface area contributed by atoms with E-state index in [-0.39, 0.29) is 11.9 Å². The number of hydrogen-bond donors (Lipinski definition) is 2. The third-order valence-electron chi connectivity index (χ3n) is 2.93. The molecule has 1 aromatic carbocycles. The lowest BCUT2D eigenvalue weighted by molar-refractivity contribution is -0.123. The van der Waals surface area contributed by atoms with E-state index in [9.17, 15) is 4.79 Å². The van der Waals surface area contributed by atoms with Gasteiger partial charge in [-0.3, -0.25) is 4.79 Å². The number of nitrogens with two attached hydrogens (primary N) is 1. The van der Waals surface area contributed by atoms with Crippen molar-refractivity contribution < 1.29 is 4.79 Å². The van der Waals surface area contributed by atoms with E-state index in [1.54, 1.807) is 0 Å². The lowest BCUT2D eigenvalue weighted by Crippen LogP contribution is -2.42. The van der Waals surface area contributed by atoms with Gasteiger partial charge in [0.05, 0.1) is 12.1 Å². The van der Waals surface area contributed by atoms with Crippen molar-refractivity contribution in [3.63, 3.8) is 0 Å². The number of carbonyl (C=O) groups excluding carboxylic acids is 1. The van der Waals surface area contributed by atoms with Crippen molar-refractivity contribution in [3.05, 3.63) is 34.3 Å². The smallest absolute Gasteiger partial charge is 0.237 e. The Morgan fingerprint density at radius 3 is 2.44 bits per heavy atom. The number of carbonyl (C=O) groups is 1. The summed E-state index contributed by atoms with van der Waals surface area (Å²) in [5.41, 5.74) is 6.92. The molecule has 18 heavy (non-hydrogen) atoms. The Morgan fingerprint density at radius 1 is 1.33 bits per heavy atom. The Balaban J connectivity index is 2.67. The zero-order valence-electron chi connectivity index (χ0n) is 10.9. The molecule has 1 rings (SSSR count). The molecular weight excluding hydrogens is 292 g/mol. The maximum Gasteiger partial charge on any atom is 0.237 e. The lowest BCUT2D eigenvalue weighted by Gasteiger charge is -2.20. The quantitative estimate of drug-likeness (QED) is 0.847. The fourth-order valence-electron chi connectivity index (χ4n) is 1.84. The molecule has 1 unspecified atom stereocenters. The summed E-state index contributed by atoms with van der Waals surface area (Å²) in [5.74, 6) is -0.0633. The van der Waals surface area contributed by atoms with Gasteiger partial charge in [0, 0.05) is 4.47 Å². The van der Waals surface area contributed by atoms with Crippen molar-refractivity contribution >= 4 is 21.8 Å².